The van der Waals surface area contributed by atoms with Crippen LogP contribution in [-0.2, 0) is 9.53 Å². The zero-order chi connectivity index (χ0) is 10.1. The van der Waals surface area contributed by atoms with E-state index in [9.17, 15) is 4.79 Å². The van der Waals surface area contributed by atoms with Crippen LogP contribution in [0.5, 0.6) is 0 Å². The minimum Gasteiger partial charge on any atom is -0.469 e. The monoisotopic (exact) mass is 206 g/mol. The maximum absolute atomic E-state index is 10.7. The number of carbonyl (C=O) groups excluding carboxylic acids is 1. The van der Waals surface area contributed by atoms with E-state index in [1.807, 2.05) is 6.92 Å². The first-order chi connectivity index (χ1) is 6.20. The largest absolute Gasteiger partial charge is 0.469 e. The van der Waals surface area contributed by atoms with Crippen molar-refractivity contribution in [3.8, 4) is 0 Å². The molecule has 0 aromatic carbocycles. The SMILES string of the molecule is COC(=O)CCCSCC(C)CO. The fourth-order valence-electron chi connectivity index (χ4n) is 0.758. The molecule has 0 saturated carbocycles. The summed E-state index contributed by atoms with van der Waals surface area (Å²) in [6.45, 7) is 2.25. The van der Waals surface area contributed by atoms with Crippen LogP contribution in [0.3, 0.4) is 0 Å². The van der Waals surface area contributed by atoms with E-state index in [4.69, 9.17) is 5.11 Å². The molecule has 0 spiro atoms. The fraction of sp³-hybridized carbons (Fsp3) is 0.889. The Morgan fingerprint density at radius 1 is 1.62 bits per heavy atom. The van der Waals surface area contributed by atoms with Crippen LogP contribution < -0.4 is 0 Å². The van der Waals surface area contributed by atoms with Gasteiger partial charge in [0.2, 0.25) is 0 Å². The third-order valence-corrected chi connectivity index (χ3v) is 2.99. The molecular weight excluding hydrogens is 188 g/mol. The average molecular weight is 206 g/mol. The van der Waals surface area contributed by atoms with Crippen molar-refractivity contribution in [2.45, 2.75) is 19.8 Å². The molecule has 78 valence electrons. The minimum absolute atomic E-state index is 0.143. The number of esters is 1. The summed E-state index contributed by atoms with van der Waals surface area (Å²) < 4.78 is 4.51. The molecule has 0 aromatic heterocycles. The van der Waals surface area contributed by atoms with Crippen molar-refractivity contribution in [2.24, 2.45) is 5.92 Å². The third-order valence-electron chi connectivity index (χ3n) is 1.61. The van der Waals surface area contributed by atoms with Gasteiger partial charge in [-0.1, -0.05) is 6.92 Å². The van der Waals surface area contributed by atoms with Gasteiger partial charge in [-0.3, -0.25) is 4.79 Å². The van der Waals surface area contributed by atoms with Crippen molar-refractivity contribution in [2.75, 3.05) is 25.2 Å². The molecule has 3 nitrogen and oxygen atoms in total. The molecule has 0 aliphatic heterocycles. The summed E-state index contributed by atoms with van der Waals surface area (Å²) in [6.07, 6.45) is 1.35. The molecule has 0 aliphatic rings. The highest BCUT2D eigenvalue weighted by atomic mass is 32.2. The molecule has 0 bridgehead atoms. The lowest BCUT2D eigenvalue weighted by Crippen LogP contribution is -2.05. The Labute approximate surface area is 83.9 Å². The van der Waals surface area contributed by atoms with Crippen LogP contribution in [-0.4, -0.2) is 36.3 Å². The van der Waals surface area contributed by atoms with E-state index < -0.39 is 0 Å². The van der Waals surface area contributed by atoms with Gasteiger partial charge in [0.1, 0.15) is 0 Å². The number of rotatable bonds is 7. The number of methoxy groups -OCH3 is 1. The second-order valence-corrected chi connectivity index (χ2v) is 4.19. The first-order valence-electron chi connectivity index (χ1n) is 4.46. The predicted octanol–water partition coefficient (Wildman–Crippen LogP) is 1.30. The van der Waals surface area contributed by atoms with Crippen LogP contribution >= 0.6 is 11.8 Å². The summed E-state index contributed by atoms with van der Waals surface area (Å²) in [7, 11) is 1.41. The van der Waals surface area contributed by atoms with Gasteiger partial charge in [0.05, 0.1) is 7.11 Å². The van der Waals surface area contributed by atoms with Gasteiger partial charge in [0.25, 0.3) is 0 Å². The van der Waals surface area contributed by atoms with Gasteiger partial charge in [0, 0.05) is 13.0 Å². The van der Waals surface area contributed by atoms with E-state index in [-0.39, 0.29) is 12.6 Å². The lowest BCUT2D eigenvalue weighted by atomic mass is 10.2. The lowest BCUT2D eigenvalue weighted by Gasteiger charge is -2.06. The molecular formula is C9H18O3S. The molecule has 1 N–H and O–H groups in total. The Morgan fingerprint density at radius 2 is 2.31 bits per heavy atom. The zero-order valence-corrected chi connectivity index (χ0v) is 9.10. The van der Waals surface area contributed by atoms with E-state index in [0.717, 1.165) is 17.9 Å². The highest BCUT2D eigenvalue weighted by Crippen LogP contribution is 2.10. The maximum atomic E-state index is 10.7. The van der Waals surface area contributed by atoms with Crippen molar-refractivity contribution < 1.29 is 14.6 Å². The van der Waals surface area contributed by atoms with Crippen LogP contribution in [0, 0.1) is 5.92 Å². The molecule has 4 heteroatoms. The normalized spacial score (nSPS) is 12.5. The molecule has 1 unspecified atom stereocenters. The first kappa shape index (κ1) is 12.8. The van der Waals surface area contributed by atoms with E-state index in [0.29, 0.717) is 12.3 Å². The van der Waals surface area contributed by atoms with E-state index in [1.54, 1.807) is 11.8 Å². The summed E-state index contributed by atoms with van der Waals surface area (Å²) in [6, 6.07) is 0. The van der Waals surface area contributed by atoms with Crippen molar-refractivity contribution in [3.63, 3.8) is 0 Å². The first-order valence-corrected chi connectivity index (χ1v) is 5.61. The van der Waals surface area contributed by atoms with Crippen LogP contribution in [0.2, 0.25) is 0 Å². The number of hydrogen-bond acceptors (Lipinski definition) is 4. The smallest absolute Gasteiger partial charge is 0.305 e. The summed E-state index contributed by atoms with van der Waals surface area (Å²) >= 11 is 1.77. The van der Waals surface area contributed by atoms with Crippen LogP contribution in [0.25, 0.3) is 0 Å². The Morgan fingerprint density at radius 3 is 2.85 bits per heavy atom. The van der Waals surface area contributed by atoms with Gasteiger partial charge in [0.15, 0.2) is 0 Å². The molecule has 0 heterocycles. The topological polar surface area (TPSA) is 46.5 Å². The van der Waals surface area contributed by atoms with Crippen LogP contribution in [0.4, 0.5) is 0 Å². The number of aliphatic hydroxyl groups is 1. The molecule has 1 atom stereocenters. The second kappa shape index (κ2) is 8.38. The Hall–Kier alpha value is -0.220. The van der Waals surface area contributed by atoms with E-state index in [2.05, 4.69) is 4.74 Å². The molecule has 0 saturated heterocycles. The van der Waals surface area contributed by atoms with Crippen molar-refractivity contribution in [1.29, 1.82) is 0 Å². The fourth-order valence-corrected chi connectivity index (χ4v) is 1.78. The predicted molar refractivity (Wildman–Crippen MR) is 54.8 cm³/mol. The number of thioether (sulfide) groups is 1. The summed E-state index contributed by atoms with van der Waals surface area (Å²) in [5, 5.41) is 8.73. The van der Waals surface area contributed by atoms with Crippen LogP contribution in [0.1, 0.15) is 19.8 Å². The van der Waals surface area contributed by atoms with Crippen LogP contribution in [0.15, 0.2) is 0 Å². The highest BCUT2D eigenvalue weighted by Gasteiger charge is 2.01. The second-order valence-electron chi connectivity index (χ2n) is 3.04. The highest BCUT2D eigenvalue weighted by molar-refractivity contribution is 7.99. The summed E-state index contributed by atoms with van der Waals surface area (Å²) in [5.74, 6) is 2.12. The number of carbonyl (C=O) groups is 1. The van der Waals surface area contributed by atoms with Gasteiger partial charge in [-0.15, -0.1) is 0 Å². The third kappa shape index (κ3) is 8.12. The Balaban J connectivity index is 3.12. The molecule has 0 radical (unpaired) electrons. The number of hydrogen-bond donors (Lipinski definition) is 1. The van der Waals surface area contributed by atoms with Crippen molar-refractivity contribution in [1.82, 2.24) is 0 Å². The minimum atomic E-state index is -0.143. The molecule has 0 aliphatic carbocycles. The molecule has 0 rings (SSSR count). The molecule has 0 fully saturated rings. The average Bonchev–Trinajstić information content (AvgIpc) is 2.16. The summed E-state index contributed by atoms with van der Waals surface area (Å²) in [5.41, 5.74) is 0. The van der Waals surface area contributed by atoms with Gasteiger partial charge in [-0.25, -0.2) is 0 Å². The molecule has 13 heavy (non-hydrogen) atoms. The van der Waals surface area contributed by atoms with Gasteiger partial charge in [-0.05, 0) is 23.8 Å². The van der Waals surface area contributed by atoms with E-state index in [1.165, 1.54) is 7.11 Å². The Bertz CT molecular complexity index is 139. The molecule has 0 aromatic rings. The van der Waals surface area contributed by atoms with Gasteiger partial charge in [-0.2, -0.15) is 11.8 Å². The number of ether oxygens (including phenoxy) is 1. The van der Waals surface area contributed by atoms with E-state index >= 15 is 0 Å². The van der Waals surface area contributed by atoms with Crippen molar-refractivity contribution in [3.05, 3.63) is 0 Å². The standard InChI is InChI=1S/C9H18O3S/c1-8(6-10)7-13-5-3-4-9(11)12-2/h8,10H,3-7H2,1-2H3. The molecule has 0 amide bonds. The Kier molecular flexibility index (Phi) is 8.24. The lowest BCUT2D eigenvalue weighted by molar-refractivity contribution is -0.140. The summed E-state index contributed by atoms with van der Waals surface area (Å²) in [4.78, 5) is 10.7. The van der Waals surface area contributed by atoms with Crippen molar-refractivity contribution >= 4 is 17.7 Å². The quantitative estimate of drug-likeness (QED) is 0.504. The van der Waals surface area contributed by atoms with Gasteiger partial charge >= 0.3 is 5.97 Å². The van der Waals surface area contributed by atoms with Gasteiger partial charge < -0.3 is 9.84 Å². The maximum Gasteiger partial charge on any atom is 0.305 e. The number of aliphatic hydroxyl groups excluding tert-OH is 1. The zero-order valence-electron chi connectivity index (χ0n) is 8.28.